The molecular formula is C19H16F3N5O. The van der Waals surface area contributed by atoms with E-state index in [0.29, 0.717) is 11.5 Å². The van der Waals surface area contributed by atoms with Crippen molar-refractivity contribution in [1.82, 2.24) is 25.1 Å². The zero-order valence-electron chi connectivity index (χ0n) is 14.9. The van der Waals surface area contributed by atoms with Crippen LogP contribution in [0.25, 0.3) is 5.69 Å². The van der Waals surface area contributed by atoms with Crippen LogP contribution in [0.15, 0.2) is 42.5 Å². The molecule has 1 unspecified atom stereocenters. The van der Waals surface area contributed by atoms with E-state index in [1.807, 2.05) is 0 Å². The highest BCUT2D eigenvalue weighted by molar-refractivity contribution is 5.95. The van der Waals surface area contributed by atoms with Crippen LogP contribution in [-0.4, -0.2) is 44.1 Å². The Morgan fingerprint density at radius 1 is 1.14 bits per heavy atom. The molecule has 0 radical (unpaired) electrons. The van der Waals surface area contributed by atoms with Gasteiger partial charge in [0.05, 0.1) is 17.8 Å². The molecule has 2 heterocycles. The molecule has 28 heavy (non-hydrogen) atoms. The van der Waals surface area contributed by atoms with Gasteiger partial charge in [0.15, 0.2) is 11.5 Å². The fourth-order valence-corrected chi connectivity index (χ4v) is 3.44. The lowest BCUT2D eigenvalue weighted by molar-refractivity contribution is 0.0743. The predicted octanol–water partition coefficient (Wildman–Crippen LogP) is 2.96. The van der Waals surface area contributed by atoms with Crippen LogP contribution in [0.5, 0.6) is 0 Å². The van der Waals surface area contributed by atoms with Gasteiger partial charge in [-0.3, -0.25) is 4.79 Å². The van der Waals surface area contributed by atoms with Gasteiger partial charge in [0.2, 0.25) is 0 Å². The highest BCUT2D eigenvalue weighted by Gasteiger charge is 2.43. The van der Waals surface area contributed by atoms with Gasteiger partial charge >= 0.3 is 0 Å². The first kappa shape index (κ1) is 18.1. The normalized spacial score (nSPS) is 19.2. The van der Waals surface area contributed by atoms with Gasteiger partial charge in [-0.1, -0.05) is 18.2 Å². The van der Waals surface area contributed by atoms with Crippen molar-refractivity contribution in [2.45, 2.75) is 19.0 Å². The van der Waals surface area contributed by atoms with Crippen molar-refractivity contribution in [3.8, 4) is 5.69 Å². The van der Waals surface area contributed by atoms with E-state index in [4.69, 9.17) is 0 Å². The lowest BCUT2D eigenvalue weighted by atomic mass is 9.94. The van der Waals surface area contributed by atoms with Crippen molar-refractivity contribution >= 4 is 5.91 Å². The second-order valence-corrected chi connectivity index (χ2v) is 6.72. The Morgan fingerprint density at radius 2 is 1.93 bits per heavy atom. The van der Waals surface area contributed by atoms with Crippen molar-refractivity contribution in [3.05, 3.63) is 71.1 Å². The minimum absolute atomic E-state index is 0.0524. The molecule has 0 saturated carbocycles. The zero-order chi connectivity index (χ0) is 19.9. The summed E-state index contributed by atoms with van der Waals surface area (Å²) in [6, 6.07) is 9.54. The SMILES string of the molecule is Cc1nnnn1-c1ccc(C(=O)N2CCC(F)(c3ccccc3F)C2)c(F)c1. The number of rotatable bonds is 3. The number of hydrogen-bond donors (Lipinski definition) is 0. The summed E-state index contributed by atoms with van der Waals surface area (Å²) >= 11 is 0. The molecule has 1 aliphatic heterocycles. The number of hydrogen-bond acceptors (Lipinski definition) is 4. The van der Waals surface area contributed by atoms with Gasteiger partial charge in [0, 0.05) is 24.6 Å². The van der Waals surface area contributed by atoms with Crippen LogP contribution in [0, 0.1) is 18.6 Å². The number of halogens is 3. The number of aromatic nitrogens is 4. The van der Waals surface area contributed by atoms with Crippen LogP contribution in [0.2, 0.25) is 0 Å². The molecule has 0 aliphatic carbocycles. The maximum Gasteiger partial charge on any atom is 0.256 e. The Balaban J connectivity index is 1.57. The summed E-state index contributed by atoms with van der Waals surface area (Å²) < 4.78 is 45.2. The molecule has 1 aromatic heterocycles. The van der Waals surface area contributed by atoms with Crippen LogP contribution in [-0.2, 0) is 5.67 Å². The summed E-state index contributed by atoms with van der Waals surface area (Å²) in [5.74, 6) is -1.61. The average molecular weight is 387 g/mol. The molecule has 1 saturated heterocycles. The Kier molecular flexibility index (Phi) is 4.37. The minimum atomic E-state index is -2.00. The van der Waals surface area contributed by atoms with E-state index in [0.717, 1.165) is 6.07 Å². The summed E-state index contributed by atoms with van der Waals surface area (Å²) in [5, 5.41) is 11.0. The van der Waals surface area contributed by atoms with Crippen molar-refractivity contribution in [2.24, 2.45) is 0 Å². The molecule has 1 atom stereocenters. The molecule has 0 N–H and O–H groups in total. The number of aryl methyl sites for hydroxylation is 1. The van der Waals surface area contributed by atoms with E-state index in [-0.39, 0.29) is 30.6 Å². The first-order chi connectivity index (χ1) is 13.4. The third-order valence-corrected chi connectivity index (χ3v) is 4.92. The largest absolute Gasteiger partial charge is 0.335 e. The van der Waals surface area contributed by atoms with E-state index >= 15 is 4.39 Å². The summed E-state index contributed by atoms with van der Waals surface area (Å²) in [7, 11) is 0. The Morgan fingerprint density at radius 3 is 2.61 bits per heavy atom. The molecule has 144 valence electrons. The monoisotopic (exact) mass is 387 g/mol. The Bertz CT molecular complexity index is 1050. The molecule has 2 aromatic carbocycles. The molecule has 1 aliphatic rings. The van der Waals surface area contributed by atoms with Gasteiger partial charge < -0.3 is 4.90 Å². The number of nitrogens with zero attached hydrogens (tertiary/aromatic N) is 5. The summed E-state index contributed by atoms with van der Waals surface area (Å²) in [6.45, 7) is 1.39. The van der Waals surface area contributed by atoms with Crippen LogP contribution in [0.4, 0.5) is 13.2 Å². The fraction of sp³-hybridized carbons (Fsp3) is 0.263. The molecule has 9 heteroatoms. The average Bonchev–Trinajstić information content (AvgIpc) is 3.28. The standard InChI is InChI=1S/C19H16F3N5O/c1-12-23-24-25-27(12)13-6-7-14(17(21)10-13)18(28)26-9-8-19(22,11-26)15-4-2-3-5-16(15)20/h2-7,10H,8-9,11H2,1H3. The number of carbonyl (C=O) groups excluding carboxylic acids is 1. The highest BCUT2D eigenvalue weighted by Crippen LogP contribution is 2.38. The topological polar surface area (TPSA) is 63.9 Å². The van der Waals surface area contributed by atoms with Crippen molar-refractivity contribution < 1.29 is 18.0 Å². The summed E-state index contributed by atoms with van der Waals surface area (Å²) in [5.41, 5.74) is -1.91. The molecule has 4 rings (SSSR count). The number of tetrazole rings is 1. The number of amides is 1. The smallest absolute Gasteiger partial charge is 0.256 e. The lowest BCUT2D eigenvalue weighted by Crippen LogP contribution is -2.33. The second kappa shape index (κ2) is 6.74. The fourth-order valence-electron chi connectivity index (χ4n) is 3.44. The highest BCUT2D eigenvalue weighted by atomic mass is 19.1. The van der Waals surface area contributed by atoms with E-state index in [1.54, 1.807) is 13.0 Å². The maximum absolute atomic E-state index is 15.3. The molecule has 0 spiro atoms. The van der Waals surface area contributed by atoms with E-state index in [1.165, 1.54) is 39.9 Å². The van der Waals surface area contributed by atoms with Gasteiger partial charge in [0.1, 0.15) is 11.6 Å². The van der Waals surface area contributed by atoms with Gasteiger partial charge in [-0.2, -0.15) is 4.68 Å². The molecule has 1 fully saturated rings. The van der Waals surface area contributed by atoms with Crippen molar-refractivity contribution in [1.29, 1.82) is 0 Å². The Hall–Kier alpha value is -3.23. The van der Waals surface area contributed by atoms with Crippen LogP contribution < -0.4 is 0 Å². The van der Waals surface area contributed by atoms with E-state index < -0.39 is 23.2 Å². The van der Waals surface area contributed by atoms with Crippen molar-refractivity contribution in [2.75, 3.05) is 13.1 Å². The van der Waals surface area contributed by atoms with E-state index in [9.17, 15) is 13.6 Å². The number of alkyl halides is 1. The van der Waals surface area contributed by atoms with Gasteiger partial charge in [-0.15, -0.1) is 5.10 Å². The Labute approximate surface area is 158 Å². The van der Waals surface area contributed by atoms with Gasteiger partial charge in [-0.05, 0) is 35.5 Å². The third kappa shape index (κ3) is 3.02. The summed E-state index contributed by atoms with van der Waals surface area (Å²) in [4.78, 5) is 13.9. The maximum atomic E-state index is 15.3. The number of likely N-dealkylation sites (tertiary alicyclic amines) is 1. The first-order valence-electron chi connectivity index (χ1n) is 8.67. The molecule has 1 amide bonds. The van der Waals surface area contributed by atoms with E-state index in [2.05, 4.69) is 15.5 Å². The third-order valence-electron chi connectivity index (χ3n) is 4.92. The first-order valence-corrected chi connectivity index (χ1v) is 8.67. The molecule has 0 bridgehead atoms. The minimum Gasteiger partial charge on any atom is -0.335 e. The number of carbonyl (C=O) groups is 1. The van der Waals surface area contributed by atoms with Crippen LogP contribution in [0.1, 0.15) is 28.2 Å². The number of benzene rings is 2. The van der Waals surface area contributed by atoms with Gasteiger partial charge in [-0.25, -0.2) is 13.2 Å². The molecular weight excluding hydrogens is 371 g/mol. The van der Waals surface area contributed by atoms with Gasteiger partial charge in [0.25, 0.3) is 5.91 Å². The lowest BCUT2D eigenvalue weighted by Gasteiger charge is -2.22. The predicted molar refractivity (Wildman–Crippen MR) is 93.6 cm³/mol. The van der Waals surface area contributed by atoms with Crippen LogP contribution in [0.3, 0.4) is 0 Å². The summed E-state index contributed by atoms with van der Waals surface area (Å²) in [6.07, 6.45) is -0.0524. The van der Waals surface area contributed by atoms with Crippen LogP contribution >= 0.6 is 0 Å². The van der Waals surface area contributed by atoms with Crippen molar-refractivity contribution in [3.63, 3.8) is 0 Å². The second-order valence-electron chi connectivity index (χ2n) is 6.72. The quantitative estimate of drug-likeness (QED) is 0.693. The molecule has 6 nitrogen and oxygen atoms in total. The molecule has 3 aromatic rings. The zero-order valence-corrected chi connectivity index (χ0v) is 14.9.